The topological polar surface area (TPSA) is 99.5 Å². The number of carboxylic acids is 1. The van der Waals surface area contributed by atoms with Crippen molar-refractivity contribution in [3.05, 3.63) is 53.6 Å². The maximum Gasteiger partial charge on any atom is 0.339 e. The van der Waals surface area contributed by atoms with Gasteiger partial charge in [-0.3, -0.25) is 4.79 Å². The van der Waals surface area contributed by atoms with Gasteiger partial charge >= 0.3 is 5.97 Å². The van der Waals surface area contributed by atoms with Crippen molar-refractivity contribution in [3.63, 3.8) is 0 Å². The minimum atomic E-state index is -1.29. The van der Waals surface area contributed by atoms with Crippen molar-refractivity contribution < 1.29 is 24.2 Å². The molecule has 7 heteroatoms. The number of carboxylic acid groups (broad SMARTS) is 1. The van der Waals surface area contributed by atoms with Gasteiger partial charge < -0.3 is 15.5 Å². The summed E-state index contributed by atoms with van der Waals surface area (Å²) in [5.74, 6) is -3.46. The van der Waals surface area contributed by atoms with Gasteiger partial charge in [0.2, 0.25) is 5.95 Å². The number of aromatic hydroxyl groups is 1. The number of aromatic carboxylic acids is 1. The van der Waals surface area contributed by atoms with Crippen LogP contribution in [0.25, 0.3) is 0 Å². The highest BCUT2D eigenvalue weighted by atomic mass is 19.1. The number of aromatic nitrogens is 1. The fraction of sp³-hybridized carbons (Fsp3) is 0. The van der Waals surface area contributed by atoms with Crippen LogP contribution in [0.5, 0.6) is 5.75 Å². The maximum atomic E-state index is 13.3. The Morgan fingerprint density at radius 1 is 1.20 bits per heavy atom. The molecule has 3 N–H and O–H groups in total. The van der Waals surface area contributed by atoms with Crippen molar-refractivity contribution in [2.75, 3.05) is 5.32 Å². The average molecular weight is 276 g/mol. The zero-order chi connectivity index (χ0) is 14.7. The molecule has 0 atom stereocenters. The van der Waals surface area contributed by atoms with Crippen LogP contribution in [-0.4, -0.2) is 27.1 Å². The van der Waals surface area contributed by atoms with E-state index >= 15 is 0 Å². The number of benzene rings is 1. The van der Waals surface area contributed by atoms with E-state index in [4.69, 9.17) is 5.11 Å². The zero-order valence-corrected chi connectivity index (χ0v) is 10.0. The molecule has 0 aliphatic heterocycles. The van der Waals surface area contributed by atoms with Gasteiger partial charge in [0.1, 0.15) is 11.3 Å². The molecule has 0 unspecified atom stereocenters. The quantitative estimate of drug-likeness (QED) is 0.743. The molecule has 0 fully saturated rings. The molecular weight excluding hydrogens is 267 g/mol. The smallest absolute Gasteiger partial charge is 0.339 e. The number of carbonyl (C=O) groups is 2. The van der Waals surface area contributed by atoms with Crippen LogP contribution in [-0.2, 0) is 0 Å². The Morgan fingerprint density at radius 2 is 1.95 bits per heavy atom. The third-order valence-electron chi connectivity index (χ3n) is 2.49. The second-order valence-corrected chi connectivity index (χ2v) is 3.83. The first-order valence-corrected chi connectivity index (χ1v) is 5.47. The lowest BCUT2D eigenvalue weighted by atomic mass is 10.1. The third-order valence-corrected chi connectivity index (χ3v) is 2.49. The van der Waals surface area contributed by atoms with Crippen molar-refractivity contribution in [3.8, 4) is 5.75 Å². The number of phenols is 1. The molecule has 0 saturated carbocycles. The highest BCUT2D eigenvalue weighted by Gasteiger charge is 2.14. The summed E-state index contributed by atoms with van der Waals surface area (Å²) in [6.45, 7) is 0. The number of anilines is 1. The molecule has 2 rings (SSSR count). The molecule has 2 aromatic rings. The molecule has 1 heterocycles. The van der Waals surface area contributed by atoms with Crippen molar-refractivity contribution in [2.24, 2.45) is 0 Å². The Labute approximate surface area is 112 Å². The van der Waals surface area contributed by atoms with E-state index in [1.165, 1.54) is 24.4 Å². The predicted molar refractivity (Wildman–Crippen MR) is 67.2 cm³/mol. The van der Waals surface area contributed by atoms with Crippen LogP contribution in [0.3, 0.4) is 0 Å². The van der Waals surface area contributed by atoms with Gasteiger partial charge in [0.15, 0.2) is 0 Å². The summed E-state index contributed by atoms with van der Waals surface area (Å²) in [5, 5.41) is 20.6. The van der Waals surface area contributed by atoms with Gasteiger partial charge in [0.25, 0.3) is 5.91 Å². The highest BCUT2D eigenvalue weighted by molar-refractivity contribution is 6.04. The lowest BCUT2D eigenvalue weighted by molar-refractivity contribution is 0.0693. The number of pyridine rings is 1. The van der Waals surface area contributed by atoms with Crippen molar-refractivity contribution in [1.82, 2.24) is 4.98 Å². The summed E-state index contributed by atoms with van der Waals surface area (Å²) < 4.78 is 13.3. The Balaban J connectivity index is 2.23. The number of nitrogens with zero attached hydrogens (tertiary/aromatic N) is 1. The minimum Gasteiger partial charge on any atom is -0.507 e. The Hall–Kier alpha value is -2.96. The number of amides is 1. The Bertz CT molecular complexity index is 688. The molecule has 0 radical (unpaired) electrons. The molecule has 0 aliphatic rings. The van der Waals surface area contributed by atoms with Gasteiger partial charge in [-0.05, 0) is 24.3 Å². The molecule has 1 aromatic carbocycles. The second kappa shape index (κ2) is 5.35. The standard InChI is InChI=1S/C13H9FN2O4/c14-11-9(2-1-5-15-11)12(18)16-7-3-4-8(13(19)20)10(17)6-7/h1-6,17H,(H,16,18)(H,19,20). The molecular formula is C13H9FN2O4. The van der Waals surface area contributed by atoms with Gasteiger partial charge in [0, 0.05) is 18.0 Å². The van der Waals surface area contributed by atoms with E-state index < -0.39 is 23.6 Å². The van der Waals surface area contributed by atoms with Crippen LogP contribution < -0.4 is 5.32 Å². The number of halogens is 1. The van der Waals surface area contributed by atoms with Crippen LogP contribution in [0.1, 0.15) is 20.7 Å². The Morgan fingerprint density at radius 3 is 2.55 bits per heavy atom. The number of carbonyl (C=O) groups excluding carboxylic acids is 1. The zero-order valence-electron chi connectivity index (χ0n) is 10.0. The van der Waals surface area contributed by atoms with Gasteiger partial charge in [-0.25, -0.2) is 9.78 Å². The summed E-state index contributed by atoms with van der Waals surface area (Å²) in [5.41, 5.74) is -0.411. The number of hydrogen-bond donors (Lipinski definition) is 3. The van der Waals surface area contributed by atoms with Crippen LogP contribution in [0.15, 0.2) is 36.5 Å². The van der Waals surface area contributed by atoms with Crippen LogP contribution in [0.4, 0.5) is 10.1 Å². The monoisotopic (exact) mass is 276 g/mol. The van der Waals surface area contributed by atoms with Crippen LogP contribution in [0, 0.1) is 5.95 Å². The van der Waals surface area contributed by atoms with Crippen LogP contribution in [0.2, 0.25) is 0 Å². The molecule has 6 nitrogen and oxygen atoms in total. The average Bonchev–Trinajstić information content (AvgIpc) is 2.38. The minimum absolute atomic E-state index is 0.140. The molecule has 0 bridgehead atoms. The van der Waals surface area contributed by atoms with E-state index in [9.17, 15) is 19.1 Å². The van der Waals surface area contributed by atoms with E-state index in [-0.39, 0.29) is 16.8 Å². The van der Waals surface area contributed by atoms with E-state index in [1.807, 2.05) is 0 Å². The van der Waals surface area contributed by atoms with Crippen LogP contribution >= 0.6 is 0 Å². The normalized spacial score (nSPS) is 10.1. The fourth-order valence-electron chi connectivity index (χ4n) is 1.54. The van der Waals surface area contributed by atoms with Gasteiger partial charge in [0.05, 0.1) is 5.56 Å². The first-order chi connectivity index (χ1) is 9.49. The fourth-order valence-corrected chi connectivity index (χ4v) is 1.54. The highest BCUT2D eigenvalue weighted by Crippen LogP contribution is 2.22. The lowest BCUT2D eigenvalue weighted by Crippen LogP contribution is -2.14. The molecule has 20 heavy (non-hydrogen) atoms. The summed E-state index contributed by atoms with van der Waals surface area (Å²) in [7, 11) is 0. The van der Waals surface area contributed by atoms with E-state index in [1.54, 1.807) is 0 Å². The summed E-state index contributed by atoms with van der Waals surface area (Å²) >= 11 is 0. The summed E-state index contributed by atoms with van der Waals surface area (Å²) in [6, 6.07) is 6.14. The van der Waals surface area contributed by atoms with E-state index in [0.29, 0.717) is 0 Å². The SMILES string of the molecule is O=C(O)c1ccc(NC(=O)c2cccnc2F)cc1O. The van der Waals surface area contributed by atoms with Gasteiger partial charge in [-0.15, -0.1) is 0 Å². The first-order valence-electron chi connectivity index (χ1n) is 5.47. The number of hydrogen-bond acceptors (Lipinski definition) is 4. The summed E-state index contributed by atoms with van der Waals surface area (Å²) in [4.78, 5) is 25.8. The molecule has 0 aliphatic carbocycles. The van der Waals surface area contributed by atoms with Gasteiger partial charge in [-0.2, -0.15) is 4.39 Å². The van der Waals surface area contributed by atoms with Crippen molar-refractivity contribution in [2.45, 2.75) is 0 Å². The lowest BCUT2D eigenvalue weighted by Gasteiger charge is -2.07. The molecule has 1 amide bonds. The van der Waals surface area contributed by atoms with Crippen molar-refractivity contribution >= 4 is 17.6 Å². The van der Waals surface area contributed by atoms with Crippen molar-refractivity contribution in [1.29, 1.82) is 0 Å². The molecule has 0 saturated heterocycles. The number of nitrogens with one attached hydrogen (secondary N) is 1. The second-order valence-electron chi connectivity index (χ2n) is 3.83. The van der Waals surface area contributed by atoms with Gasteiger partial charge in [-0.1, -0.05) is 0 Å². The third kappa shape index (κ3) is 2.72. The first kappa shape index (κ1) is 13.5. The maximum absolute atomic E-state index is 13.3. The predicted octanol–water partition coefficient (Wildman–Crippen LogP) is 1.88. The molecule has 102 valence electrons. The number of rotatable bonds is 3. The summed E-state index contributed by atoms with van der Waals surface area (Å²) in [6.07, 6.45) is 1.21. The molecule has 1 aromatic heterocycles. The van der Waals surface area contributed by atoms with E-state index in [2.05, 4.69) is 10.3 Å². The largest absolute Gasteiger partial charge is 0.507 e. The molecule has 0 spiro atoms. The Kier molecular flexibility index (Phi) is 3.60. The van der Waals surface area contributed by atoms with E-state index in [0.717, 1.165) is 12.1 Å².